The van der Waals surface area contributed by atoms with Crippen molar-refractivity contribution in [2.75, 3.05) is 6.61 Å². The Morgan fingerprint density at radius 2 is 2.12 bits per heavy atom. The molecule has 0 bridgehead atoms. The Bertz CT molecular complexity index is 400. The van der Waals surface area contributed by atoms with E-state index in [0.29, 0.717) is 0 Å². The molecule has 6 heteroatoms. The van der Waals surface area contributed by atoms with E-state index in [9.17, 15) is 13.2 Å². The third kappa shape index (κ3) is 3.63. The molecular weight excluding hydrogens is 243 g/mol. The Balaban J connectivity index is 2.73. The van der Waals surface area contributed by atoms with Crippen LogP contribution in [-0.4, -0.2) is 12.0 Å². The predicted octanol–water partition coefficient (Wildman–Crippen LogP) is 3.22. The van der Waals surface area contributed by atoms with Gasteiger partial charge in [-0.25, -0.2) is 0 Å². The van der Waals surface area contributed by atoms with Gasteiger partial charge in [0.2, 0.25) is 0 Å². The van der Waals surface area contributed by atoms with Crippen molar-refractivity contribution in [2.45, 2.75) is 11.6 Å². The summed E-state index contributed by atoms with van der Waals surface area (Å²) >= 11 is 5.44. The fourth-order valence-corrected chi connectivity index (χ4v) is 1.03. The van der Waals surface area contributed by atoms with E-state index in [-0.39, 0.29) is 12.4 Å². The van der Waals surface area contributed by atoms with Crippen LogP contribution in [0, 0.1) is 11.3 Å². The van der Waals surface area contributed by atoms with Crippen LogP contribution in [0.4, 0.5) is 13.2 Å². The molecule has 0 N–H and O–H groups in total. The SMILES string of the molecule is N#CC(Cl)COc1cccc(C(F)(F)F)c1. The molecule has 1 rings (SSSR count). The first-order valence-electron chi connectivity index (χ1n) is 4.27. The number of hydrogen-bond donors (Lipinski definition) is 0. The molecule has 1 aromatic rings. The van der Waals surface area contributed by atoms with Crippen LogP contribution >= 0.6 is 11.6 Å². The first-order chi connectivity index (χ1) is 7.43. The largest absolute Gasteiger partial charge is 0.491 e. The van der Waals surface area contributed by atoms with Crippen LogP contribution in [0.5, 0.6) is 5.75 Å². The fourth-order valence-electron chi connectivity index (χ4n) is 0.969. The summed E-state index contributed by atoms with van der Waals surface area (Å²) in [7, 11) is 0. The van der Waals surface area contributed by atoms with Gasteiger partial charge in [0.1, 0.15) is 12.4 Å². The zero-order chi connectivity index (χ0) is 12.2. The smallest absolute Gasteiger partial charge is 0.416 e. The summed E-state index contributed by atoms with van der Waals surface area (Å²) in [6, 6.07) is 6.10. The number of benzene rings is 1. The van der Waals surface area contributed by atoms with Gasteiger partial charge in [-0.15, -0.1) is 11.6 Å². The molecule has 0 aliphatic carbocycles. The third-order valence-electron chi connectivity index (χ3n) is 1.70. The summed E-state index contributed by atoms with van der Waals surface area (Å²) in [6.07, 6.45) is -4.41. The minimum Gasteiger partial charge on any atom is -0.491 e. The van der Waals surface area contributed by atoms with E-state index < -0.39 is 17.1 Å². The Labute approximate surface area is 95.2 Å². The van der Waals surface area contributed by atoms with Crippen molar-refractivity contribution in [1.82, 2.24) is 0 Å². The van der Waals surface area contributed by atoms with E-state index in [2.05, 4.69) is 0 Å². The molecule has 0 aliphatic rings. The maximum absolute atomic E-state index is 12.3. The maximum atomic E-state index is 12.3. The Morgan fingerprint density at radius 1 is 1.44 bits per heavy atom. The molecule has 2 nitrogen and oxygen atoms in total. The van der Waals surface area contributed by atoms with Crippen LogP contribution in [0.2, 0.25) is 0 Å². The van der Waals surface area contributed by atoms with Gasteiger partial charge in [0.25, 0.3) is 0 Å². The lowest BCUT2D eigenvalue weighted by molar-refractivity contribution is -0.137. The molecule has 1 atom stereocenters. The molecule has 86 valence electrons. The number of alkyl halides is 4. The van der Waals surface area contributed by atoms with Gasteiger partial charge in [0, 0.05) is 0 Å². The summed E-state index contributed by atoms with van der Waals surface area (Å²) in [5, 5.41) is 7.47. The predicted molar refractivity (Wildman–Crippen MR) is 52.2 cm³/mol. The van der Waals surface area contributed by atoms with Gasteiger partial charge in [-0.05, 0) is 18.2 Å². The second-order valence-corrected chi connectivity index (χ2v) is 3.46. The summed E-state index contributed by atoms with van der Waals surface area (Å²) in [6.45, 7) is -0.153. The molecular formula is C10H7ClF3NO. The second-order valence-electron chi connectivity index (χ2n) is 2.93. The van der Waals surface area contributed by atoms with E-state index in [1.807, 2.05) is 0 Å². The van der Waals surface area contributed by atoms with Crippen LogP contribution in [0.1, 0.15) is 5.56 Å². The van der Waals surface area contributed by atoms with E-state index >= 15 is 0 Å². The van der Waals surface area contributed by atoms with Crippen LogP contribution in [0.3, 0.4) is 0 Å². The minimum atomic E-state index is -4.41. The first-order valence-corrected chi connectivity index (χ1v) is 4.71. The molecule has 0 saturated heterocycles. The number of halogens is 4. The van der Waals surface area contributed by atoms with Crippen molar-refractivity contribution in [1.29, 1.82) is 5.26 Å². The molecule has 0 spiro atoms. The first kappa shape index (κ1) is 12.7. The number of ether oxygens (including phenoxy) is 1. The van der Waals surface area contributed by atoms with Gasteiger partial charge < -0.3 is 4.74 Å². The van der Waals surface area contributed by atoms with E-state index in [4.69, 9.17) is 21.6 Å². The number of hydrogen-bond acceptors (Lipinski definition) is 2. The lowest BCUT2D eigenvalue weighted by Gasteiger charge is -2.10. The summed E-state index contributed by atoms with van der Waals surface area (Å²) < 4.78 is 41.8. The maximum Gasteiger partial charge on any atom is 0.416 e. The van der Waals surface area contributed by atoms with Gasteiger partial charge in [0.05, 0.1) is 11.6 Å². The highest BCUT2D eigenvalue weighted by Crippen LogP contribution is 2.31. The van der Waals surface area contributed by atoms with E-state index in [1.165, 1.54) is 12.1 Å². The molecule has 0 aromatic heterocycles. The van der Waals surface area contributed by atoms with Gasteiger partial charge in [0.15, 0.2) is 5.38 Å². The monoisotopic (exact) mass is 249 g/mol. The zero-order valence-corrected chi connectivity index (χ0v) is 8.72. The van der Waals surface area contributed by atoms with Crippen LogP contribution in [-0.2, 0) is 6.18 Å². The molecule has 16 heavy (non-hydrogen) atoms. The van der Waals surface area contributed by atoms with Crippen LogP contribution in [0.15, 0.2) is 24.3 Å². The van der Waals surface area contributed by atoms with Crippen molar-refractivity contribution in [3.05, 3.63) is 29.8 Å². The van der Waals surface area contributed by atoms with Gasteiger partial charge in [-0.1, -0.05) is 6.07 Å². The number of nitriles is 1. The molecule has 0 radical (unpaired) electrons. The van der Waals surface area contributed by atoms with E-state index in [1.54, 1.807) is 6.07 Å². The van der Waals surface area contributed by atoms with E-state index in [0.717, 1.165) is 12.1 Å². The number of rotatable bonds is 3. The topological polar surface area (TPSA) is 33.0 Å². The average Bonchev–Trinajstić information content (AvgIpc) is 2.25. The highest BCUT2D eigenvalue weighted by Gasteiger charge is 2.30. The quantitative estimate of drug-likeness (QED) is 0.771. The third-order valence-corrected chi connectivity index (χ3v) is 1.92. The van der Waals surface area contributed by atoms with Gasteiger partial charge in [-0.2, -0.15) is 18.4 Å². The summed E-state index contributed by atoms with van der Waals surface area (Å²) in [4.78, 5) is 0. The number of nitrogens with zero attached hydrogens (tertiary/aromatic N) is 1. The normalized spacial score (nSPS) is 12.9. The van der Waals surface area contributed by atoms with Crippen molar-refractivity contribution in [3.8, 4) is 11.8 Å². The Hall–Kier alpha value is -1.41. The van der Waals surface area contributed by atoms with Crippen molar-refractivity contribution in [2.24, 2.45) is 0 Å². The summed E-state index contributed by atoms with van der Waals surface area (Å²) in [5.41, 5.74) is -0.798. The molecule has 0 fully saturated rings. The summed E-state index contributed by atoms with van der Waals surface area (Å²) in [5.74, 6) is 0.0377. The highest BCUT2D eigenvalue weighted by atomic mass is 35.5. The molecule has 0 aliphatic heterocycles. The van der Waals surface area contributed by atoms with Crippen molar-refractivity contribution < 1.29 is 17.9 Å². The van der Waals surface area contributed by atoms with Crippen LogP contribution < -0.4 is 4.74 Å². The van der Waals surface area contributed by atoms with Crippen LogP contribution in [0.25, 0.3) is 0 Å². The van der Waals surface area contributed by atoms with Crippen molar-refractivity contribution in [3.63, 3.8) is 0 Å². The lowest BCUT2D eigenvalue weighted by atomic mass is 10.2. The second kappa shape index (κ2) is 5.08. The minimum absolute atomic E-state index is 0.0377. The molecule has 0 heterocycles. The molecule has 1 aromatic carbocycles. The molecule has 0 amide bonds. The molecule has 0 saturated carbocycles. The standard InChI is InChI=1S/C10H7ClF3NO/c11-8(5-15)6-16-9-3-1-2-7(4-9)10(12,13)14/h1-4,8H,6H2. The Kier molecular flexibility index (Phi) is 4.02. The highest BCUT2D eigenvalue weighted by molar-refractivity contribution is 6.22. The zero-order valence-electron chi connectivity index (χ0n) is 7.96. The lowest BCUT2D eigenvalue weighted by Crippen LogP contribution is -2.10. The van der Waals surface area contributed by atoms with Crippen molar-refractivity contribution >= 4 is 11.6 Å². The van der Waals surface area contributed by atoms with Gasteiger partial charge in [-0.3, -0.25) is 0 Å². The fraction of sp³-hybridized carbons (Fsp3) is 0.300. The molecule has 1 unspecified atom stereocenters. The Morgan fingerprint density at radius 3 is 2.69 bits per heavy atom. The van der Waals surface area contributed by atoms with Gasteiger partial charge >= 0.3 is 6.18 Å². The average molecular weight is 250 g/mol.